The monoisotopic (exact) mass is 457 g/mol. The van der Waals surface area contributed by atoms with E-state index in [-0.39, 0.29) is 23.3 Å². The quantitative estimate of drug-likeness (QED) is 0.727. The molecule has 7 nitrogen and oxygen atoms in total. The van der Waals surface area contributed by atoms with Crippen LogP contribution in [0, 0.1) is 5.41 Å². The average Bonchev–Trinajstić information content (AvgIpc) is 2.85. The van der Waals surface area contributed by atoms with Crippen LogP contribution in [-0.4, -0.2) is 68.8 Å². The second-order valence-electron chi connectivity index (χ2n) is 9.77. The molecule has 0 aromatic heterocycles. The third kappa shape index (κ3) is 6.70. The molecule has 0 radical (unpaired) electrons. The predicted octanol–water partition coefficient (Wildman–Crippen LogP) is 2.68. The van der Waals surface area contributed by atoms with Crippen molar-refractivity contribution < 1.29 is 19.1 Å². The number of fused-ring (bicyclic) bond motifs is 1. The predicted molar refractivity (Wildman–Crippen MR) is 127 cm³/mol. The Morgan fingerprint density at radius 2 is 1.94 bits per heavy atom. The Labute approximate surface area is 197 Å². The first-order valence-electron chi connectivity index (χ1n) is 12.7. The SMILES string of the molecule is O=C(CN1CCC2(CCCCc3ccccc3OCCNC2=O)CC1)NCC1CCCCO1. The van der Waals surface area contributed by atoms with Crippen LogP contribution in [-0.2, 0) is 20.7 Å². The first-order chi connectivity index (χ1) is 16.1. The van der Waals surface area contributed by atoms with E-state index < -0.39 is 0 Å². The number of likely N-dealkylation sites (tertiary alicyclic amines) is 1. The molecule has 2 amide bonds. The number of carbonyl (C=O) groups excluding carboxylic acids is 2. The van der Waals surface area contributed by atoms with Crippen LogP contribution in [0.4, 0.5) is 0 Å². The molecule has 33 heavy (non-hydrogen) atoms. The molecule has 1 aromatic rings. The van der Waals surface area contributed by atoms with Crippen LogP contribution in [0.25, 0.3) is 0 Å². The molecule has 1 atom stereocenters. The molecule has 182 valence electrons. The lowest BCUT2D eigenvalue weighted by Crippen LogP contribution is -2.51. The number of aryl methyl sites for hydroxylation is 1. The van der Waals surface area contributed by atoms with Crippen molar-refractivity contribution in [3.8, 4) is 5.75 Å². The van der Waals surface area contributed by atoms with Crippen LogP contribution in [0.1, 0.15) is 56.9 Å². The summed E-state index contributed by atoms with van der Waals surface area (Å²) in [7, 11) is 0. The highest BCUT2D eigenvalue weighted by atomic mass is 16.5. The fraction of sp³-hybridized carbons (Fsp3) is 0.692. The number of hydrogen-bond acceptors (Lipinski definition) is 5. The van der Waals surface area contributed by atoms with Crippen LogP contribution < -0.4 is 15.4 Å². The number of hydrogen-bond donors (Lipinski definition) is 2. The molecule has 3 heterocycles. The molecule has 2 N–H and O–H groups in total. The topological polar surface area (TPSA) is 79.9 Å². The highest BCUT2D eigenvalue weighted by Crippen LogP contribution is 2.37. The van der Waals surface area contributed by atoms with Gasteiger partial charge in [-0.05, 0) is 76.1 Å². The third-order valence-electron chi connectivity index (χ3n) is 7.43. The molecule has 7 heteroatoms. The van der Waals surface area contributed by atoms with Crippen molar-refractivity contribution in [3.05, 3.63) is 29.8 Å². The third-order valence-corrected chi connectivity index (χ3v) is 7.43. The lowest BCUT2D eigenvalue weighted by molar-refractivity contribution is -0.135. The van der Waals surface area contributed by atoms with E-state index in [1.54, 1.807) is 0 Å². The van der Waals surface area contributed by atoms with Gasteiger partial charge in [0.1, 0.15) is 12.4 Å². The number of rotatable bonds is 4. The first-order valence-corrected chi connectivity index (χ1v) is 12.7. The van der Waals surface area contributed by atoms with Gasteiger partial charge in [-0.15, -0.1) is 0 Å². The summed E-state index contributed by atoms with van der Waals surface area (Å²) in [5, 5.41) is 6.16. The van der Waals surface area contributed by atoms with E-state index in [0.29, 0.717) is 26.2 Å². The molecule has 0 bridgehead atoms. The van der Waals surface area contributed by atoms with Crippen LogP contribution in [0.5, 0.6) is 5.75 Å². The summed E-state index contributed by atoms with van der Waals surface area (Å²) >= 11 is 0. The maximum Gasteiger partial charge on any atom is 0.234 e. The standard InChI is InChI=1S/C26H39N3O4/c30-24(28-19-22-9-4-6-17-32-22)20-29-15-12-26(13-16-29)11-5-3-8-21-7-1-2-10-23(21)33-18-14-27-25(26)31/h1-2,7,10,22H,3-6,8-9,11-20H2,(H,27,31)(H,28,30). The lowest BCUT2D eigenvalue weighted by atomic mass is 9.73. The van der Waals surface area contributed by atoms with Crippen molar-refractivity contribution in [2.24, 2.45) is 5.41 Å². The van der Waals surface area contributed by atoms with E-state index in [4.69, 9.17) is 9.47 Å². The van der Waals surface area contributed by atoms with Gasteiger partial charge in [-0.2, -0.15) is 0 Å². The number of ether oxygens (including phenoxy) is 2. The summed E-state index contributed by atoms with van der Waals surface area (Å²) < 4.78 is 11.6. The minimum absolute atomic E-state index is 0.0547. The van der Waals surface area contributed by atoms with E-state index in [2.05, 4.69) is 27.7 Å². The highest BCUT2D eigenvalue weighted by molar-refractivity contribution is 5.83. The zero-order valence-electron chi connectivity index (χ0n) is 19.8. The maximum atomic E-state index is 13.2. The van der Waals surface area contributed by atoms with Crippen LogP contribution in [0.2, 0.25) is 0 Å². The number of amides is 2. The van der Waals surface area contributed by atoms with E-state index in [0.717, 1.165) is 76.8 Å². The van der Waals surface area contributed by atoms with Crippen molar-refractivity contribution in [2.45, 2.75) is 63.9 Å². The average molecular weight is 458 g/mol. The van der Waals surface area contributed by atoms with Gasteiger partial charge in [-0.25, -0.2) is 0 Å². The smallest absolute Gasteiger partial charge is 0.234 e. The molecule has 2 fully saturated rings. The highest BCUT2D eigenvalue weighted by Gasteiger charge is 2.41. The van der Waals surface area contributed by atoms with Gasteiger partial charge >= 0.3 is 0 Å². The molecule has 0 aliphatic carbocycles. The largest absolute Gasteiger partial charge is 0.491 e. The van der Waals surface area contributed by atoms with E-state index in [1.807, 2.05) is 12.1 Å². The second-order valence-corrected chi connectivity index (χ2v) is 9.77. The van der Waals surface area contributed by atoms with Gasteiger partial charge in [-0.3, -0.25) is 14.5 Å². The normalized spacial score (nSPS) is 24.5. The van der Waals surface area contributed by atoms with Gasteiger partial charge in [-0.1, -0.05) is 24.6 Å². The summed E-state index contributed by atoms with van der Waals surface area (Å²) in [5.41, 5.74) is 0.916. The molecular weight excluding hydrogens is 418 g/mol. The van der Waals surface area contributed by atoms with Crippen molar-refractivity contribution in [2.75, 3.05) is 45.9 Å². The lowest BCUT2D eigenvalue weighted by Gasteiger charge is -2.40. The zero-order chi connectivity index (χ0) is 22.9. The zero-order valence-corrected chi connectivity index (χ0v) is 19.8. The summed E-state index contributed by atoms with van der Waals surface area (Å²) in [6.45, 7) is 4.36. The Balaban J connectivity index is 1.26. The molecule has 0 saturated carbocycles. The Morgan fingerprint density at radius 1 is 1.09 bits per heavy atom. The Kier molecular flexibility index (Phi) is 8.62. The molecule has 1 spiro atoms. The van der Waals surface area contributed by atoms with Crippen molar-refractivity contribution in [3.63, 3.8) is 0 Å². The molecular formula is C26H39N3O4. The van der Waals surface area contributed by atoms with Gasteiger partial charge in [0, 0.05) is 13.2 Å². The Hall–Kier alpha value is -2.12. The van der Waals surface area contributed by atoms with Crippen LogP contribution in [0.3, 0.4) is 0 Å². The number of piperidine rings is 1. The number of carbonyl (C=O) groups is 2. The summed E-state index contributed by atoms with van der Waals surface area (Å²) in [4.78, 5) is 27.8. The van der Waals surface area contributed by atoms with Gasteiger partial charge in [0.25, 0.3) is 0 Å². The van der Waals surface area contributed by atoms with E-state index in [9.17, 15) is 9.59 Å². The molecule has 2 saturated heterocycles. The molecule has 4 rings (SSSR count). The van der Waals surface area contributed by atoms with Crippen molar-refractivity contribution >= 4 is 11.8 Å². The van der Waals surface area contributed by atoms with Crippen LogP contribution >= 0.6 is 0 Å². The van der Waals surface area contributed by atoms with Crippen molar-refractivity contribution in [1.29, 1.82) is 0 Å². The molecule has 3 aliphatic rings. The Bertz CT molecular complexity index is 785. The number of benzene rings is 1. The Morgan fingerprint density at radius 3 is 2.76 bits per heavy atom. The first kappa shape index (κ1) is 24.0. The summed E-state index contributed by atoms with van der Waals surface area (Å²) in [6, 6.07) is 8.21. The van der Waals surface area contributed by atoms with Crippen LogP contribution in [0.15, 0.2) is 24.3 Å². The second kappa shape index (κ2) is 11.8. The van der Waals surface area contributed by atoms with E-state index in [1.165, 1.54) is 12.0 Å². The van der Waals surface area contributed by atoms with E-state index >= 15 is 0 Å². The maximum absolute atomic E-state index is 13.2. The summed E-state index contributed by atoms with van der Waals surface area (Å²) in [5.74, 6) is 1.14. The molecule has 3 aliphatic heterocycles. The molecule has 1 unspecified atom stereocenters. The minimum Gasteiger partial charge on any atom is -0.491 e. The van der Waals surface area contributed by atoms with Gasteiger partial charge < -0.3 is 20.1 Å². The fourth-order valence-electron chi connectivity index (χ4n) is 5.33. The summed E-state index contributed by atoms with van der Waals surface area (Å²) in [6.07, 6.45) is 9.02. The van der Waals surface area contributed by atoms with Gasteiger partial charge in [0.05, 0.1) is 24.6 Å². The number of para-hydroxylation sites is 1. The minimum atomic E-state index is -0.332. The number of nitrogens with one attached hydrogen (secondary N) is 2. The van der Waals surface area contributed by atoms with Gasteiger partial charge in [0.2, 0.25) is 11.8 Å². The number of nitrogens with zero attached hydrogens (tertiary/aromatic N) is 1. The van der Waals surface area contributed by atoms with Gasteiger partial charge in [0.15, 0.2) is 0 Å². The fourth-order valence-corrected chi connectivity index (χ4v) is 5.33. The molecule has 1 aromatic carbocycles. The van der Waals surface area contributed by atoms with Crippen molar-refractivity contribution in [1.82, 2.24) is 15.5 Å².